The van der Waals surface area contributed by atoms with Crippen LogP contribution in [0.25, 0.3) is 0 Å². The molecular formula is C16H24N2O3. The maximum Gasteiger partial charge on any atom is 0.270 e. The number of likely N-dealkylation sites (tertiary alicyclic amines) is 1. The lowest BCUT2D eigenvalue weighted by Crippen LogP contribution is -2.50. The van der Waals surface area contributed by atoms with E-state index in [1.807, 2.05) is 4.90 Å². The highest BCUT2D eigenvalue weighted by Crippen LogP contribution is 2.35. The summed E-state index contributed by atoms with van der Waals surface area (Å²) in [6.07, 6.45) is 5.52. The van der Waals surface area contributed by atoms with Gasteiger partial charge in [-0.25, -0.2) is 0 Å². The molecule has 1 fully saturated rings. The molecule has 21 heavy (non-hydrogen) atoms. The number of amides is 1. The van der Waals surface area contributed by atoms with Crippen LogP contribution in [0, 0.1) is 0 Å². The predicted molar refractivity (Wildman–Crippen MR) is 80.6 cm³/mol. The first-order chi connectivity index (χ1) is 10.0. The molecule has 1 saturated heterocycles. The summed E-state index contributed by atoms with van der Waals surface area (Å²) >= 11 is 0. The molecule has 1 unspecified atom stereocenters. The van der Waals surface area contributed by atoms with E-state index < -0.39 is 0 Å². The zero-order valence-electron chi connectivity index (χ0n) is 13.1. The van der Waals surface area contributed by atoms with E-state index in [0.29, 0.717) is 17.9 Å². The predicted octanol–water partition coefficient (Wildman–Crippen LogP) is 2.64. The van der Waals surface area contributed by atoms with Crippen LogP contribution in [0.5, 0.6) is 0 Å². The van der Waals surface area contributed by atoms with Gasteiger partial charge in [0, 0.05) is 25.4 Å². The molecule has 0 aromatic carbocycles. The third-order valence-corrected chi connectivity index (χ3v) is 4.29. The summed E-state index contributed by atoms with van der Waals surface area (Å²) in [6, 6.07) is 1.65. The van der Waals surface area contributed by atoms with Crippen molar-refractivity contribution < 1.29 is 14.3 Å². The molecule has 1 N–H and O–H groups in total. The number of methoxy groups -OCH3 is 1. The standard InChI is InChI=1S/C16H24N2O3/c1-4-6-16(11-21-3)7-5-8-18(16)15(20)14-9-13(10-17-14)12(2)19/h9-10,17H,4-8,11H2,1-3H3. The Labute approximate surface area is 125 Å². The van der Waals surface area contributed by atoms with Crippen molar-refractivity contribution in [3.63, 3.8) is 0 Å². The zero-order valence-corrected chi connectivity index (χ0v) is 13.1. The van der Waals surface area contributed by atoms with E-state index in [2.05, 4.69) is 11.9 Å². The number of nitrogens with zero attached hydrogens (tertiary/aromatic N) is 1. The SMILES string of the molecule is CCCC1(COC)CCCN1C(=O)c1cc(C(C)=O)c[nH]1. The molecule has 1 amide bonds. The molecule has 1 atom stereocenters. The fourth-order valence-corrected chi connectivity index (χ4v) is 3.34. The Hall–Kier alpha value is -1.62. The van der Waals surface area contributed by atoms with E-state index in [1.54, 1.807) is 19.4 Å². The van der Waals surface area contributed by atoms with Gasteiger partial charge in [-0.3, -0.25) is 9.59 Å². The Kier molecular flexibility index (Phi) is 4.83. The quantitative estimate of drug-likeness (QED) is 0.820. The minimum atomic E-state index is -0.206. The van der Waals surface area contributed by atoms with Crippen molar-refractivity contribution in [2.75, 3.05) is 20.3 Å². The average molecular weight is 292 g/mol. The molecule has 2 heterocycles. The third-order valence-electron chi connectivity index (χ3n) is 4.29. The molecule has 0 spiro atoms. The van der Waals surface area contributed by atoms with Crippen molar-refractivity contribution in [2.45, 2.75) is 45.1 Å². The number of Topliss-reactive ketones (excluding diaryl/α,β-unsaturated/α-hetero) is 1. The number of H-pyrrole nitrogens is 1. The van der Waals surface area contributed by atoms with Crippen molar-refractivity contribution in [1.29, 1.82) is 0 Å². The van der Waals surface area contributed by atoms with Gasteiger partial charge in [0.15, 0.2) is 5.78 Å². The Bertz CT molecular complexity index is 515. The number of ketones is 1. The van der Waals surface area contributed by atoms with Crippen LogP contribution in [-0.4, -0.2) is 47.4 Å². The summed E-state index contributed by atoms with van der Waals surface area (Å²) in [6.45, 7) is 4.93. The van der Waals surface area contributed by atoms with Crippen molar-refractivity contribution in [1.82, 2.24) is 9.88 Å². The van der Waals surface area contributed by atoms with Crippen LogP contribution in [0.3, 0.4) is 0 Å². The van der Waals surface area contributed by atoms with Crippen LogP contribution in [-0.2, 0) is 4.74 Å². The number of carbonyl (C=O) groups excluding carboxylic acids is 2. The third kappa shape index (κ3) is 3.02. The number of aromatic nitrogens is 1. The van der Waals surface area contributed by atoms with E-state index >= 15 is 0 Å². The number of nitrogens with one attached hydrogen (secondary N) is 1. The van der Waals surface area contributed by atoms with Crippen LogP contribution < -0.4 is 0 Å². The van der Waals surface area contributed by atoms with Gasteiger partial charge in [-0.1, -0.05) is 13.3 Å². The molecular weight excluding hydrogens is 268 g/mol. The van der Waals surface area contributed by atoms with Gasteiger partial charge in [0.05, 0.1) is 12.1 Å². The van der Waals surface area contributed by atoms with Gasteiger partial charge in [0.1, 0.15) is 5.69 Å². The van der Waals surface area contributed by atoms with Crippen molar-refractivity contribution in [3.05, 3.63) is 23.5 Å². The van der Waals surface area contributed by atoms with Crippen LogP contribution in [0.2, 0.25) is 0 Å². The second-order valence-electron chi connectivity index (χ2n) is 5.83. The molecule has 0 radical (unpaired) electrons. The molecule has 2 rings (SSSR count). The van der Waals surface area contributed by atoms with E-state index in [4.69, 9.17) is 4.74 Å². The topological polar surface area (TPSA) is 62.4 Å². The Morgan fingerprint density at radius 3 is 2.81 bits per heavy atom. The minimum absolute atomic E-state index is 0.0366. The second kappa shape index (κ2) is 6.43. The van der Waals surface area contributed by atoms with E-state index in [1.165, 1.54) is 6.92 Å². The molecule has 0 aliphatic carbocycles. The number of hydrogen-bond donors (Lipinski definition) is 1. The molecule has 116 valence electrons. The Balaban J connectivity index is 2.24. The maximum atomic E-state index is 12.8. The Morgan fingerprint density at radius 1 is 1.48 bits per heavy atom. The number of hydrogen-bond acceptors (Lipinski definition) is 3. The van der Waals surface area contributed by atoms with Crippen LogP contribution in [0.15, 0.2) is 12.3 Å². The molecule has 0 bridgehead atoms. The molecule has 1 aromatic heterocycles. The van der Waals surface area contributed by atoms with Crippen molar-refractivity contribution >= 4 is 11.7 Å². The first-order valence-electron chi connectivity index (χ1n) is 7.54. The number of carbonyl (C=O) groups is 2. The molecule has 5 nitrogen and oxygen atoms in total. The largest absolute Gasteiger partial charge is 0.382 e. The van der Waals surface area contributed by atoms with Crippen molar-refractivity contribution in [3.8, 4) is 0 Å². The van der Waals surface area contributed by atoms with Crippen LogP contribution in [0.1, 0.15) is 60.4 Å². The molecule has 5 heteroatoms. The summed E-state index contributed by atoms with van der Waals surface area (Å²) in [5.41, 5.74) is 0.825. The van der Waals surface area contributed by atoms with Gasteiger partial charge in [-0.05, 0) is 32.3 Å². The fourth-order valence-electron chi connectivity index (χ4n) is 3.34. The first-order valence-corrected chi connectivity index (χ1v) is 7.54. The van der Waals surface area contributed by atoms with E-state index in [0.717, 1.165) is 32.2 Å². The molecule has 0 saturated carbocycles. The van der Waals surface area contributed by atoms with Gasteiger partial charge < -0.3 is 14.6 Å². The monoisotopic (exact) mass is 292 g/mol. The van der Waals surface area contributed by atoms with Gasteiger partial charge in [0.2, 0.25) is 0 Å². The summed E-state index contributed by atoms with van der Waals surface area (Å²) < 4.78 is 5.38. The van der Waals surface area contributed by atoms with Crippen LogP contribution in [0.4, 0.5) is 0 Å². The Morgan fingerprint density at radius 2 is 2.24 bits per heavy atom. The number of aromatic amines is 1. The minimum Gasteiger partial charge on any atom is -0.382 e. The molecule has 1 aromatic rings. The summed E-state index contributed by atoms with van der Waals surface area (Å²) in [5.74, 6) is -0.0751. The lowest BCUT2D eigenvalue weighted by atomic mass is 9.91. The number of rotatable bonds is 6. The smallest absolute Gasteiger partial charge is 0.270 e. The summed E-state index contributed by atoms with van der Waals surface area (Å²) in [4.78, 5) is 29.0. The van der Waals surface area contributed by atoms with Gasteiger partial charge in [-0.2, -0.15) is 0 Å². The normalized spacial score (nSPS) is 21.8. The highest BCUT2D eigenvalue weighted by molar-refractivity contribution is 5.99. The first kappa shape index (κ1) is 15.8. The maximum absolute atomic E-state index is 12.8. The zero-order chi connectivity index (χ0) is 15.5. The van der Waals surface area contributed by atoms with Gasteiger partial charge in [0.25, 0.3) is 5.91 Å². The van der Waals surface area contributed by atoms with E-state index in [9.17, 15) is 9.59 Å². The van der Waals surface area contributed by atoms with Gasteiger partial charge >= 0.3 is 0 Å². The summed E-state index contributed by atoms with van der Waals surface area (Å²) in [7, 11) is 1.68. The number of ether oxygens (including phenoxy) is 1. The van der Waals surface area contributed by atoms with E-state index in [-0.39, 0.29) is 17.2 Å². The van der Waals surface area contributed by atoms with Crippen molar-refractivity contribution in [2.24, 2.45) is 0 Å². The lowest BCUT2D eigenvalue weighted by Gasteiger charge is -2.38. The second-order valence-corrected chi connectivity index (χ2v) is 5.83. The van der Waals surface area contributed by atoms with Crippen LogP contribution >= 0.6 is 0 Å². The highest BCUT2D eigenvalue weighted by Gasteiger charge is 2.43. The average Bonchev–Trinajstić information content (AvgIpc) is 3.06. The van der Waals surface area contributed by atoms with Gasteiger partial charge in [-0.15, -0.1) is 0 Å². The molecule has 1 aliphatic rings. The highest BCUT2D eigenvalue weighted by atomic mass is 16.5. The lowest BCUT2D eigenvalue weighted by molar-refractivity contribution is 0.0250. The molecule has 1 aliphatic heterocycles. The fraction of sp³-hybridized carbons (Fsp3) is 0.625. The summed E-state index contributed by atoms with van der Waals surface area (Å²) in [5, 5.41) is 0.